The Labute approximate surface area is 171 Å². The number of rotatable bonds is 5. The lowest BCUT2D eigenvalue weighted by molar-refractivity contribution is -0.123. The Morgan fingerprint density at radius 1 is 0.800 bits per heavy atom. The van der Waals surface area contributed by atoms with E-state index in [1.807, 2.05) is 0 Å². The molecule has 2 aromatic carbocycles. The SMILES string of the molecule is CC(C)(C)C(=O)Nc1cccc(C(=O)Nc2ccc(C(=O)NCC(F)(F)F)cc2)c1. The maximum atomic E-state index is 12.5. The van der Waals surface area contributed by atoms with Crippen molar-refractivity contribution in [2.45, 2.75) is 26.9 Å². The zero-order valence-corrected chi connectivity index (χ0v) is 16.7. The topological polar surface area (TPSA) is 87.3 Å². The van der Waals surface area contributed by atoms with Crippen LogP contribution >= 0.6 is 0 Å². The summed E-state index contributed by atoms with van der Waals surface area (Å²) in [6, 6.07) is 11.8. The van der Waals surface area contributed by atoms with Crippen LogP contribution in [0.25, 0.3) is 0 Å². The van der Waals surface area contributed by atoms with E-state index in [1.54, 1.807) is 44.3 Å². The summed E-state index contributed by atoms with van der Waals surface area (Å²) >= 11 is 0. The molecule has 6 nitrogen and oxygen atoms in total. The molecule has 0 fully saturated rings. The minimum atomic E-state index is -4.50. The number of benzene rings is 2. The molecule has 0 bridgehead atoms. The van der Waals surface area contributed by atoms with Gasteiger partial charge in [0.15, 0.2) is 0 Å². The first kappa shape index (κ1) is 22.9. The zero-order chi connectivity index (χ0) is 22.5. The first-order valence-corrected chi connectivity index (χ1v) is 9.03. The van der Waals surface area contributed by atoms with Crippen molar-refractivity contribution in [3.8, 4) is 0 Å². The average Bonchev–Trinajstić information content (AvgIpc) is 2.65. The van der Waals surface area contributed by atoms with Crippen molar-refractivity contribution in [2.75, 3.05) is 17.2 Å². The molecule has 0 aliphatic heterocycles. The molecule has 0 unspecified atom stereocenters. The van der Waals surface area contributed by atoms with E-state index in [2.05, 4.69) is 10.6 Å². The number of hydrogen-bond donors (Lipinski definition) is 3. The van der Waals surface area contributed by atoms with Gasteiger partial charge < -0.3 is 16.0 Å². The second kappa shape index (κ2) is 8.98. The molecule has 0 aromatic heterocycles. The molecule has 2 rings (SSSR count). The number of carbonyl (C=O) groups is 3. The van der Waals surface area contributed by atoms with Crippen LogP contribution in [0.1, 0.15) is 41.5 Å². The maximum absolute atomic E-state index is 12.5. The van der Waals surface area contributed by atoms with Crippen molar-refractivity contribution in [2.24, 2.45) is 5.41 Å². The van der Waals surface area contributed by atoms with Crippen LogP contribution in [0.15, 0.2) is 48.5 Å². The molecule has 0 aliphatic rings. The lowest BCUT2D eigenvalue weighted by atomic mass is 9.95. The third-order valence-electron chi connectivity index (χ3n) is 3.92. The largest absolute Gasteiger partial charge is 0.405 e. The Morgan fingerprint density at radius 3 is 2.00 bits per heavy atom. The van der Waals surface area contributed by atoms with Crippen molar-refractivity contribution in [3.05, 3.63) is 59.7 Å². The predicted molar refractivity (Wildman–Crippen MR) is 107 cm³/mol. The summed E-state index contributed by atoms with van der Waals surface area (Å²) in [7, 11) is 0. The fourth-order valence-corrected chi connectivity index (χ4v) is 2.25. The van der Waals surface area contributed by atoms with Crippen LogP contribution in [0.4, 0.5) is 24.5 Å². The van der Waals surface area contributed by atoms with E-state index in [-0.39, 0.29) is 11.5 Å². The number of amides is 3. The minimum absolute atomic E-state index is 0.0316. The number of carbonyl (C=O) groups excluding carboxylic acids is 3. The molecule has 0 saturated heterocycles. The monoisotopic (exact) mass is 421 g/mol. The molecule has 160 valence electrons. The highest BCUT2D eigenvalue weighted by Gasteiger charge is 2.27. The van der Waals surface area contributed by atoms with Gasteiger partial charge in [0.05, 0.1) is 0 Å². The lowest BCUT2D eigenvalue weighted by Crippen LogP contribution is -2.33. The number of nitrogens with one attached hydrogen (secondary N) is 3. The van der Waals surface area contributed by atoms with E-state index in [0.29, 0.717) is 16.9 Å². The first-order valence-electron chi connectivity index (χ1n) is 9.03. The summed E-state index contributed by atoms with van der Waals surface area (Å²) < 4.78 is 36.5. The van der Waals surface area contributed by atoms with Gasteiger partial charge in [0, 0.05) is 27.9 Å². The molecular weight excluding hydrogens is 399 g/mol. The van der Waals surface area contributed by atoms with Crippen molar-refractivity contribution in [1.82, 2.24) is 5.32 Å². The molecule has 0 aliphatic carbocycles. The molecule has 3 N–H and O–H groups in total. The normalized spacial score (nSPS) is 11.5. The van der Waals surface area contributed by atoms with Gasteiger partial charge in [-0.3, -0.25) is 14.4 Å². The van der Waals surface area contributed by atoms with Gasteiger partial charge in [-0.25, -0.2) is 0 Å². The molecule has 0 atom stereocenters. The van der Waals surface area contributed by atoms with Crippen LogP contribution in [-0.2, 0) is 4.79 Å². The van der Waals surface area contributed by atoms with Crippen molar-refractivity contribution >= 4 is 29.1 Å². The summed E-state index contributed by atoms with van der Waals surface area (Å²) in [4.78, 5) is 36.2. The number of hydrogen-bond acceptors (Lipinski definition) is 3. The molecule has 0 heterocycles. The van der Waals surface area contributed by atoms with Gasteiger partial charge in [-0.15, -0.1) is 0 Å². The highest BCUT2D eigenvalue weighted by Crippen LogP contribution is 2.19. The van der Waals surface area contributed by atoms with Crippen LogP contribution in [-0.4, -0.2) is 30.4 Å². The highest BCUT2D eigenvalue weighted by atomic mass is 19.4. The van der Waals surface area contributed by atoms with Crippen molar-refractivity contribution in [3.63, 3.8) is 0 Å². The number of alkyl halides is 3. The number of halogens is 3. The molecule has 0 spiro atoms. The Hall–Kier alpha value is -3.36. The van der Waals surface area contributed by atoms with E-state index in [1.165, 1.54) is 30.3 Å². The highest BCUT2D eigenvalue weighted by molar-refractivity contribution is 6.05. The van der Waals surface area contributed by atoms with E-state index in [4.69, 9.17) is 0 Å². The Bertz CT molecular complexity index is 933. The minimum Gasteiger partial charge on any atom is -0.343 e. The summed E-state index contributed by atoms with van der Waals surface area (Å²) in [5.74, 6) is -1.51. The van der Waals surface area contributed by atoms with Crippen LogP contribution in [0.2, 0.25) is 0 Å². The third kappa shape index (κ3) is 6.91. The van der Waals surface area contributed by atoms with Crippen LogP contribution < -0.4 is 16.0 Å². The fourth-order valence-electron chi connectivity index (χ4n) is 2.25. The third-order valence-corrected chi connectivity index (χ3v) is 3.92. The van der Waals surface area contributed by atoms with Gasteiger partial charge in [0.1, 0.15) is 6.54 Å². The van der Waals surface area contributed by atoms with E-state index >= 15 is 0 Å². The van der Waals surface area contributed by atoms with Gasteiger partial charge in [-0.1, -0.05) is 26.8 Å². The van der Waals surface area contributed by atoms with E-state index in [0.717, 1.165) is 0 Å². The maximum Gasteiger partial charge on any atom is 0.405 e. The van der Waals surface area contributed by atoms with Gasteiger partial charge in [0.25, 0.3) is 11.8 Å². The van der Waals surface area contributed by atoms with Crippen molar-refractivity contribution < 1.29 is 27.6 Å². The predicted octanol–water partition coefficient (Wildman–Crippen LogP) is 4.22. The fraction of sp³-hybridized carbons (Fsp3) is 0.286. The van der Waals surface area contributed by atoms with E-state index < -0.39 is 30.0 Å². The number of anilines is 2. The molecular formula is C21H22F3N3O3. The summed E-state index contributed by atoms with van der Waals surface area (Å²) in [6.07, 6.45) is -4.50. The van der Waals surface area contributed by atoms with Crippen LogP contribution in [0.3, 0.4) is 0 Å². The molecule has 2 aromatic rings. The Morgan fingerprint density at radius 2 is 1.43 bits per heavy atom. The lowest BCUT2D eigenvalue weighted by Gasteiger charge is -2.18. The summed E-state index contributed by atoms with van der Waals surface area (Å²) in [5.41, 5.74) is 0.570. The van der Waals surface area contributed by atoms with Crippen LogP contribution in [0.5, 0.6) is 0 Å². The Kier molecular flexibility index (Phi) is 6.86. The summed E-state index contributed by atoms with van der Waals surface area (Å²) in [6.45, 7) is 3.89. The smallest absolute Gasteiger partial charge is 0.343 e. The standard InChI is InChI=1S/C21H22F3N3O3/c1-20(2,3)19(30)27-16-6-4-5-14(11-16)18(29)26-15-9-7-13(8-10-15)17(28)25-12-21(22,23)24/h4-11H,12H2,1-3H3,(H,25,28)(H,26,29)(H,27,30). The van der Waals surface area contributed by atoms with E-state index in [9.17, 15) is 27.6 Å². The zero-order valence-electron chi connectivity index (χ0n) is 16.7. The second-order valence-electron chi connectivity index (χ2n) is 7.61. The molecule has 30 heavy (non-hydrogen) atoms. The molecule has 0 radical (unpaired) electrons. The second-order valence-corrected chi connectivity index (χ2v) is 7.61. The van der Waals surface area contributed by atoms with Gasteiger partial charge in [0.2, 0.25) is 5.91 Å². The first-order chi connectivity index (χ1) is 13.8. The Balaban J connectivity index is 2.02. The van der Waals surface area contributed by atoms with Gasteiger partial charge in [-0.05, 0) is 42.5 Å². The van der Waals surface area contributed by atoms with Crippen molar-refractivity contribution in [1.29, 1.82) is 0 Å². The molecule has 0 saturated carbocycles. The van der Waals surface area contributed by atoms with Crippen LogP contribution in [0, 0.1) is 5.41 Å². The van der Waals surface area contributed by atoms with Gasteiger partial charge in [-0.2, -0.15) is 13.2 Å². The average molecular weight is 421 g/mol. The molecule has 3 amide bonds. The van der Waals surface area contributed by atoms with Gasteiger partial charge >= 0.3 is 6.18 Å². The summed E-state index contributed by atoms with van der Waals surface area (Å²) in [5, 5.41) is 7.14. The quantitative estimate of drug-likeness (QED) is 0.676. The molecule has 9 heteroatoms.